The van der Waals surface area contributed by atoms with Crippen LogP contribution in [0.3, 0.4) is 0 Å². The second kappa shape index (κ2) is 14.0. The van der Waals surface area contributed by atoms with E-state index in [2.05, 4.69) is 40.3 Å². The number of halogens is 6. The van der Waals surface area contributed by atoms with Crippen molar-refractivity contribution in [1.82, 2.24) is 34.0 Å². The lowest BCUT2D eigenvalue weighted by molar-refractivity contribution is -0.193. The number of aryl methyl sites for hydroxylation is 1. The maximum absolute atomic E-state index is 10.6. The first kappa shape index (κ1) is 33.6. The van der Waals surface area contributed by atoms with Gasteiger partial charge >= 0.3 is 24.3 Å². The van der Waals surface area contributed by atoms with Crippen LogP contribution in [-0.2, 0) is 23.2 Å². The number of methoxy groups -OCH3 is 1. The fraction of sp³-hybridized carbons (Fsp3) is 0.360. The number of carboxylic acid groups (broad SMARTS) is 2. The number of aromatic nitrogens is 6. The van der Waals surface area contributed by atoms with Crippen LogP contribution < -0.4 is 9.64 Å². The van der Waals surface area contributed by atoms with Gasteiger partial charge in [0.1, 0.15) is 0 Å². The normalized spacial score (nSPS) is 13.9. The summed E-state index contributed by atoms with van der Waals surface area (Å²) in [5.74, 6) is -3.89. The molecular formula is C25H26F6N8O5. The largest absolute Gasteiger partial charge is 0.490 e. The highest BCUT2D eigenvalue weighted by molar-refractivity contribution is 5.73. The van der Waals surface area contributed by atoms with Crippen molar-refractivity contribution in [3.63, 3.8) is 0 Å². The number of rotatable bonds is 5. The standard InChI is InChI=1S/C21H24N8O.2C2HF3O2/c1-26-14-17(12-25-26)18-13-24-20-19(22-6-7-29(18)20)28-10-8-27(9-11-28)15-16-4-3-5-23-21(16)30-2;2*3-2(4,5)1(6)7/h3-7,12-14H,8-11,15H2,1-2H3;2*(H,6,7). The Balaban J connectivity index is 0.000000317. The number of hydrogen-bond acceptors (Lipinski definition) is 9. The summed E-state index contributed by atoms with van der Waals surface area (Å²) in [5.41, 5.74) is 4.04. The van der Waals surface area contributed by atoms with Crippen molar-refractivity contribution < 1.29 is 50.9 Å². The summed E-state index contributed by atoms with van der Waals surface area (Å²) in [6.07, 6.45) is 1.14. The van der Waals surface area contributed by atoms with Crippen LogP contribution in [0.25, 0.3) is 16.9 Å². The third-order valence-corrected chi connectivity index (χ3v) is 6.00. The molecule has 13 nitrogen and oxygen atoms in total. The molecule has 0 aliphatic carbocycles. The van der Waals surface area contributed by atoms with Crippen LogP contribution in [0.4, 0.5) is 32.2 Å². The van der Waals surface area contributed by atoms with Gasteiger partial charge in [-0.2, -0.15) is 31.4 Å². The minimum Gasteiger partial charge on any atom is -0.481 e. The molecule has 4 aromatic heterocycles. The van der Waals surface area contributed by atoms with Crippen molar-refractivity contribution in [3.8, 4) is 17.1 Å². The maximum Gasteiger partial charge on any atom is 0.490 e. The van der Waals surface area contributed by atoms with Crippen LogP contribution >= 0.6 is 0 Å². The van der Waals surface area contributed by atoms with Gasteiger partial charge in [-0.05, 0) is 6.07 Å². The average Bonchev–Trinajstić information content (AvgIpc) is 3.59. The fourth-order valence-electron chi connectivity index (χ4n) is 3.98. The molecule has 0 spiro atoms. The Morgan fingerprint density at radius 1 is 0.932 bits per heavy atom. The minimum absolute atomic E-state index is 0.701. The average molecular weight is 633 g/mol. The van der Waals surface area contributed by atoms with Gasteiger partial charge in [-0.25, -0.2) is 24.5 Å². The summed E-state index contributed by atoms with van der Waals surface area (Å²) in [7, 11) is 3.58. The number of hydrogen-bond donors (Lipinski definition) is 2. The van der Waals surface area contributed by atoms with E-state index in [1.807, 2.05) is 44.1 Å². The molecule has 0 unspecified atom stereocenters. The van der Waals surface area contributed by atoms with Crippen molar-refractivity contribution in [2.24, 2.45) is 7.05 Å². The number of carboxylic acids is 2. The Kier molecular flexibility index (Phi) is 10.7. The number of alkyl halides is 6. The summed E-state index contributed by atoms with van der Waals surface area (Å²) >= 11 is 0. The lowest BCUT2D eigenvalue weighted by Crippen LogP contribution is -2.46. The highest BCUT2D eigenvalue weighted by Gasteiger charge is 2.38. The number of anilines is 1. The molecule has 0 bridgehead atoms. The van der Waals surface area contributed by atoms with Gasteiger partial charge in [0, 0.05) is 75.7 Å². The van der Waals surface area contributed by atoms with Crippen LogP contribution in [0.5, 0.6) is 5.88 Å². The van der Waals surface area contributed by atoms with Crippen molar-refractivity contribution in [3.05, 3.63) is 54.9 Å². The minimum atomic E-state index is -5.08. The first-order valence-electron chi connectivity index (χ1n) is 12.5. The van der Waals surface area contributed by atoms with Crippen LogP contribution in [-0.4, -0.2) is 102 Å². The number of nitrogens with zero attached hydrogens (tertiary/aromatic N) is 8. The molecule has 5 heterocycles. The van der Waals surface area contributed by atoms with Gasteiger partial charge in [0.2, 0.25) is 5.88 Å². The molecule has 238 valence electrons. The predicted octanol–water partition coefficient (Wildman–Crippen LogP) is 3.12. The summed E-state index contributed by atoms with van der Waals surface area (Å²) in [4.78, 5) is 36.1. The van der Waals surface area contributed by atoms with Gasteiger partial charge in [0.15, 0.2) is 11.5 Å². The molecule has 1 aliphatic heterocycles. The van der Waals surface area contributed by atoms with Crippen LogP contribution in [0.1, 0.15) is 5.56 Å². The third kappa shape index (κ3) is 8.79. The van der Waals surface area contributed by atoms with E-state index in [-0.39, 0.29) is 0 Å². The van der Waals surface area contributed by atoms with Crippen molar-refractivity contribution >= 4 is 23.4 Å². The Hall–Kier alpha value is -4.94. The van der Waals surface area contributed by atoms with E-state index in [1.54, 1.807) is 18.0 Å². The second-order valence-corrected chi connectivity index (χ2v) is 9.03. The summed E-state index contributed by atoms with van der Waals surface area (Å²) in [6, 6.07) is 4.03. The molecule has 44 heavy (non-hydrogen) atoms. The highest BCUT2D eigenvalue weighted by atomic mass is 19.4. The maximum atomic E-state index is 10.6. The lowest BCUT2D eigenvalue weighted by atomic mass is 10.2. The molecule has 0 radical (unpaired) electrons. The van der Waals surface area contributed by atoms with E-state index in [0.29, 0.717) is 5.88 Å². The topological polar surface area (TPSA) is 151 Å². The Bertz CT molecular complexity index is 1540. The quantitative estimate of drug-likeness (QED) is 0.313. The molecule has 1 saturated heterocycles. The number of aliphatic carboxylic acids is 2. The molecule has 1 aliphatic rings. The van der Waals surface area contributed by atoms with Crippen LogP contribution in [0.15, 0.2) is 49.3 Å². The van der Waals surface area contributed by atoms with E-state index >= 15 is 0 Å². The molecule has 2 N–H and O–H groups in total. The molecule has 5 rings (SSSR count). The van der Waals surface area contributed by atoms with Crippen LogP contribution in [0.2, 0.25) is 0 Å². The van der Waals surface area contributed by atoms with Gasteiger partial charge in [0.05, 0.1) is 25.2 Å². The van der Waals surface area contributed by atoms with E-state index in [1.165, 1.54) is 0 Å². The SMILES string of the molecule is COc1ncccc1CN1CCN(c2nccn3c(-c4cnn(C)c4)cnc23)CC1.O=C(O)C(F)(F)F.O=C(O)C(F)(F)F. The summed E-state index contributed by atoms with van der Waals surface area (Å²) in [6.45, 7) is 4.50. The number of carbonyl (C=O) groups is 2. The zero-order valence-electron chi connectivity index (χ0n) is 23.1. The fourth-order valence-corrected chi connectivity index (χ4v) is 3.98. The Morgan fingerprint density at radius 3 is 2.07 bits per heavy atom. The van der Waals surface area contributed by atoms with Crippen molar-refractivity contribution in [2.45, 2.75) is 18.9 Å². The van der Waals surface area contributed by atoms with Gasteiger partial charge in [0.25, 0.3) is 0 Å². The molecule has 19 heteroatoms. The van der Waals surface area contributed by atoms with E-state index < -0.39 is 24.3 Å². The molecule has 0 aromatic carbocycles. The Morgan fingerprint density at radius 2 is 1.55 bits per heavy atom. The molecule has 0 amide bonds. The number of imidazole rings is 1. The Labute approximate surface area is 244 Å². The highest BCUT2D eigenvalue weighted by Crippen LogP contribution is 2.26. The predicted molar refractivity (Wildman–Crippen MR) is 141 cm³/mol. The van der Waals surface area contributed by atoms with Gasteiger partial charge in [-0.15, -0.1) is 0 Å². The van der Waals surface area contributed by atoms with Gasteiger partial charge in [-0.1, -0.05) is 6.07 Å². The number of piperazine rings is 1. The molecule has 0 saturated carbocycles. The third-order valence-electron chi connectivity index (χ3n) is 6.00. The van der Waals surface area contributed by atoms with E-state index in [4.69, 9.17) is 24.5 Å². The molecule has 1 fully saturated rings. The summed E-state index contributed by atoms with van der Waals surface area (Å²) in [5, 5.41) is 18.5. The van der Waals surface area contributed by atoms with E-state index in [9.17, 15) is 26.3 Å². The van der Waals surface area contributed by atoms with Crippen molar-refractivity contribution in [2.75, 3.05) is 38.2 Å². The van der Waals surface area contributed by atoms with Crippen LogP contribution in [0, 0.1) is 0 Å². The molecule has 4 aromatic rings. The molecule has 0 atom stereocenters. The smallest absolute Gasteiger partial charge is 0.481 e. The first-order chi connectivity index (χ1) is 20.6. The van der Waals surface area contributed by atoms with Gasteiger partial charge in [-0.3, -0.25) is 14.0 Å². The zero-order chi connectivity index (χ0) is 32.7. The second-order valence-electron chi connectivity index (χ2n) is 9.03. The number of ether oxygens (including phenoxy) is 1. The first-order valence-corrected chi connectivity index (χ1v) is 12.5. The summed E-state index contributed by atoms with van der Waals surface area (Å²) < 4.78 is 72.8. The number of pyridine rings is 1. The lowest BCUT2D eigenvalue weighted by Gasteiger charge is -2.35. The number of fused-ring (bicyclic) bond motifs is 1. The van der Waals surface area contributed by atoms with Crippen molar-refractivity contribution in [1.29, 1.82) is 0 Å². The van der Waals surface area contributed by atoms with Gasteiger partial charge < -0.3 is 19.8 Å². The van der Waals surface area contributed by atoms with E-state index in [0.717, 1.165) is 61.0 Å². The zero-order valence-corrected chi connectivity index (χ0v) is 23.1. The molecular weight excluding hydrogens is 606 g/mol. The monoisotopic (exact) mass is 632 g/mol.